The molecular formula is C12H15NO. The molecule has 1 aromatic rings. The number of allylic oxidation sites excluding steroid dienone is 1. The van der Waals surface area contributed by atoms with Crippen LogP contribution in [0.3, 0.4) is 0 Å². The van der Waals surface area contributed by atoms with Gasteiger partial charge in [0.2, 0.25) is 0 Å². The summed E-state index contributed by atoms with van der Waals surface area (Å²) in [5.41, 5.74) is 2.75. The Morgan fingerprint density at radius 3 is 2.71 bits per heavy atom. The Labute approximate surface area is 84.7 Å². The molecule has 74 valence electrons. The Hall–Kier alpha value is -1.57. The molecule has 0 fully saturated rings. The van der Waals surface area contributed by atoms with Crippen LogP contribution in [0.25, 0.3) is 6.08 Å². The second kappa shape index (κ2) is 4.61. The average molecular weight is 189 g/mol. The summed E-state index contributed by atoms with van der Waals surface area (Å²) in [5.74, 6) is 0.884. The van der Waals surface area contributed by atoms with E-state index >= 15 is 0 Å². The minimum Gasteiger partial charge on any atom is -0.496 e. The number of methoxy groups -OCH3 is 1. The molecule has 0 bridgehead atoms. The number of hydrogen-bond acceptors (Lipinski definition) is 2. The van der Waals surface area contributed by atoms with E-state index in [1.807, 2.05) is 31.2 Å². The minimum absolute atomic E-state index is 0.548. The van der Waals surface area contributed by atoms with Gasteiger partial charge in [-0.2, -0.15) is 0 Å². The minimum atomic E-state index is 0.548. The van der Waals surface area contributed by atoms with Gasteiger partial charge in [0.05, 0.1) is 7.11 Å². The van der Waals surface area contributed by atoms with E-state index in [0.29, 0.717) is 5.71 Å². The molecule has 0 unspecified atom stereocenters. The van der Waals surface area contributed by atoms with Crippen molar-refractivity contribution in [1.82, 2.24) is 0 Å². The number of nitrogens with one attached hydrogen (secondary N) is 1. The van der Waals surface area contributed by atoms with Crippen LogP contribution in [-0.4, -0.2) is 12.8 Å². The van der Waals surface area contributed by atoms with Gasteiger partial charge in [-0.15, -0.1) is 0 Å². The zero-order valence-electron chi connectivity index (χ0n) is 8.79. The Morgan fingerprint density at radius 2 is 2.14 bits per heavy atom. The highest BCUT2D eigenvalue weighted by atomic mass is 16.5. The molecule has 0 amide bonds. The molecule has 0 aliphatic heterocycles. The van der Waals surface area contributed by atoms with Crippen LogP contribution in [0.5, 0.6) is 5.75 Å². The molecule has 2 heteroatoms. The fourth-order valence-electron chi connectivity index (χ4n) is 1.25. The van der Waals surface area contributed by atoms with Crippen molar-refractivity contribution in [3.63, 3.8) is 0 Å². The predicted octanol–water partition coefficient (Wildman–Crippen LogP) is 3.06. The van der Waals surface area contributed by atoms with Crippen LogP contribution in [0.1, 0.15) is 18.1 Å². The first kappa shape index (κ1) is 10.5. The Balaban J connectivity index is 3.03. The van der Waals surface area contributed by atoms with Gasteiger partial charge in [-0.25, -0.2) is 0 Å². The summed E-state index contributed by atoms with van der Waals surface area (Å²) < 4.78 is 5.20. The van der Waals surface area contributed by atoms with E-state index < -0.39 is 0 Å². The molecule has 0 saturated carbocycles. The molecule has 1 aromatic carbocycles. The van der Waals surface area contributed by atoms with Gasteiger partial charge < -0.3 is 10.1 Å². The SMILES string of the molecule is COc1cccc(/C=C\C(C)=N)c1C. The topological polar surface area (TPSA) is 33.1 Å². The quantitative estimate of drug-likeness (QED) is 0.728. The maximum atomic E-state index is 7.29. The van der Waals surface area contributed by atoms with Crippen molar-refractivity contribution in [3.05, 3.63) is 35.4 Å². The van der Waals surface area contributed by atoms with E-state index in [4.69, 9.17) is 10.1 Å². The Morgan fingerprint density at radius 1 is 1.43 bits per heavy atom. The lowest BCUT2D eigenvalue weighted by molar-refractivity contribution is 0.411. The van der Waals surface area contributed by atoms with E-state index in [1.165, 1.54) is 0 Å². The van der Waals surface area contributed by atoms with Crippen molar-refractivity contribution in [2.24, 2.45) is 0 Å². The van der Waals surface area contributed by atoms with Crippen LogP contribution in [0, 0.1) is 12.3 Å². The number of ether oxygens (including phenoxy) is 1. The molecular weight excluding hydrogens is 174 g/mol. The maximum Gasteiger partial charge on any atom is 0.122 e. The summed E-state index contributed by atoms with van der Waals surface area (Å²) in [7, 11) is 1.66. The van der Waals surface area contributed by atoms with Crippen LogP contribution in [-0.2, 0) is 0 Å². The second-order valence-electron chi connectivity index (χ2n) is 3.19. The normalized spacial score (nSPS) is 10.5. The fraction of sp³-hybridized carbons (Fsp3) is 0.250. The smallest absolute Gasteiger partial charge is 0.122 e. The number of hydrogen-bond donors (Lipinski definition) is 1. The largest absolute Gasteiger partial charge is 0.496 e. The van der Waals surface area contributed by atoms with Gasteiger partial charge in [0.1, 0.15) is 5.75 Å². The van der Waals surface area contributed by atoms with Crippen LogP contribution in [0.2, 0.25) is 0 Å². The number of benzene rings is 1. The monoisotopic (exact) mass is 189 g/mol. The van der Waals surface area contributed by atoms with Crippen molar-refractivity contribution in [2.45, 2.75) is 13.8 Å². The third-order valence-electron chi connectivity index (χ3n) is 2.06. The molecule has 2 nitrogen and oxygen atoms in total. The van der Waals surface area contributed by atoms with E-state index in [9.17, 15) is 0 Å². The van der Waals surface area contributed by atoms with E-state index in [-0.39, 0.29) is 0 Å². The van der Waals surface area contributed by atoms with Crippen LogP contribution >= 0.6 is 0 Å². The van der Waals surface area contributed by atoms with Crippen LogP contribution in [0.15, 0.2) is 24.3 Å². The summed E-state index contributed by atoms with van der Waals surface area (Å²) >= 11 is 0. The third-order valence-corrected chi connectivity index (χ3v) is 2.06. The van der Waals surface area contributed by atoms with Gasteiger partial charge >= 0.3 is 0 Å². The molecule has 0 saturated heterocycles. The van der Waals surface area contributed by atoms with Gasteiger partial charge in [0, 0.05) is 5.71 Å². The van der Waals surface area contributed by atoms with Gasteiger partial charge in [0.25, 0.3) is 0 Å². The van der Waals surface area contributed by atoms with Crippen molar-refractivity contribution in [2.75, 3.05) is 7.11 Å². The highest BCUT2D eigenvalue weighted by Crippen LogP contribution is 2.21. The molecule has 0 aliphatic carbocycles. The van der Waals surface area contributed by atoms with Crippen molar-refractivity contribution >= 4 is 11.8 Å². The molecule has 1 rings (SSSR count). The van der Waals surface area contributed by atoms with E-state index in [2.05, 4.69) is 0 Å². The van der Waals surface area contributed by atoms with Crippen LogP contribution < -0.4 is 4.74 Å². The van der Waals surface area contributed by atoms with Crippen molar-refractivity contribution in [1.29, 1.82) is 5.41 Å². The second-order valence-corrected chi connectivity index (χ2v) is 3.19. The van der Waals surface area contributed by atoms with Gasteiger partial charge in [0.15, 0.2) is 0 Å². The highest BCUT2D eigenvalue weighted by molar-refractivity contribution is 5.94. The summed E-state index contributed by atoms with van der Waals surface area (Å²) in [5, 5.41) is 7.29. The third kappa shape index (κ3) is 2.46. The maximum absolute atomic E-state index is 7.29. The summed E-state index contributed by atoms with van der Waals surface area (Å²) in [6.07, 6.45) is 3.71. The Kier molecular flexibility index (Phi) is 3.46. The van der Waals surface area contributed by atoms with Gasteiger partial charge in [-0.3, -0.25) is 0 Å². The summed E-state index contributed by atoms with van der Waals surface area (Å²) in [6.45, 7) is 3.77. The lowest BCUT2D eigenvalue weighted by atomic mass is 10.1. The summed E-state index contributed by atoms with van der Waals surface area (Å²) in [6, 6.07) is 5.89. The van der Waals surface area contributed by atoms with Crippen molar-refractivity contribution in [3.8, 4) is 5.75 Å². The Bertz CT molecular complexity index is 367. The lowest BCUT2D eigenvalue weighted by Gasteiger charge is -2.06. The van der Waals surface area contributed by atoms with Gasteiger partial charge in [-0.1, -0.05) is 18.2 Å². The number of rotatable bonds is 3. The molecule has 14 heavy (non-hydrogen) atoms. The highest BCUT2D eigenvalue weighted by Gasteiger charge is 2.00. The van der Waals surface area contributed by atoms with Gasteiger partial charge in [-0.05, 0) is 37.1 Å². The summed E-state index contributed by atoms with van der Waals surface area (Å²) in [4.78, 5) is 0. The first-order chi connectivity index (χ1) is 6.65. The van der Waals surface area contributed by atoms with Crippen molar-refractivity contribution < 1.29 is 4.74 Å². The molecule has 0 spiro atoms. The first-order valence-electron chi connectivity index (χ1n) is 4.52. The zero-order valence-corrected chi connectivity index (χ0v) is 8.79. The fourth-order valence-corrected chi connectivity index (χ4v) is 1.25. The molecule has 0 atom stereocenters. The van der Waals surface area contributed by atoms with E-state index in [1.54, 1.807) is 20.1 Å². The average Bonchev–Trinajstić information content (AvgIpc) is 2.16. The molecule has 0 radical (unpaired) electrons. The molecule has 1 N–H and O–H groups in total. The zero-order chi connectivity index (χ0) is 10.6. The molecule has 0 heterocycles. The standard InChI is InChI=1S/C12H15NO/c1-9(13)7-8-11-5-4-6-12(14-3)10(11)2/h4-8,13H,1-3H3/b8-7-,13-9?. The van der Waals surface area contributed by atoms with Crippen LogP contribution in [0.4, 0.5) is 0 Å². The molecule has 0 aliphatic rings. The first-order valence-corrected chi connectivity index (χ1v) is 4.52. The molecule has 0 aromatic heterocycles. The lowest BCUT2D eigenvalue weighted by Crippen LogP contribution is -1.89. The van der Waals surface area contributed by atoms with E-state index in [0.717, 1.165) is 16.9 Å². The predicted molar refractivity (Wildman–Crippen MR) is 60.2 cm³/mol.